The van der Waals surface area contributed by atoms with Crippen molar-refractivity contribution in [3.63, 3.8) is 0 Å². The minimum Gasteiger partial charge on any atom is -0.251 e. The molecule has 1 aliphatic carbocycles. The number of anilines is 1. The molecular formula is C8H8N4O2S. The summed E-state index contributed by atoms with van der Waals surface area (Å²) in [6.07, 6.45) is 2.69. The van der Waals surface area contributed by atoms with Gasteiger partial charge in [0.15, 0.2) is 0 Å². The number of aromatic nitrogens is 2. The Hall–Kier alpha value is -1.68. The maximum atomic E-state index is 11.5. The largest absolute Gasteiger partial charge is 0.251 e. The Morgan fingerprint density at radius 3 is 2.87 bits per heavy atom. The highest BCUT2D eigenvalue weighted by atomic mass is 32.2. The van der Waals surface area contributed by atoms with Gasteiger partial charge in [-0.05, 0) is 18.9 Å². The molecule has 1 aliphatic rings. The van der Waals surface area contributed by atoms with Crippen molar-refractivity contribution >= 4 is 16.0 Å². The number of nitriles is 1. The number of sulfonamides is 1. The quantitative estimate of drug-likeness (QED) is 0.794. The predicted molar refractivity (Wildman–Crippen MR) is 52.3 cm³/mol. The van der Waals surface area contributed by atoms with Crippen molar-refractivity contribution in [1.82, 2.24) is 9.97 Å². The van der Waals surface area contributed by atoms with Gasteiger partial charge in [0.2, 0.25) is 16.0 Å². The third-order valence-corrected chi connectivity index (χ3v) is 3.78. The van der Waals surface area contributed by atoms with Gasteiger partial charge < -0.3 is 0 Å². The van der Waals surface area contributed by atoms with Gasteiger partial charge in [-0.3, -0.25) is 4.72 Å². The molecular weight excluding hydrogens is 216 g/mol. The van der Waals surface area contributed by atoms with E-state index in [-0.39, 0.29) is 16.9 Å². The van der Waals surface area contributed by atoms with Gasteiger partial charge in [-0.2, -0.15) is 5.26 Å². The Bertz CT molecular complexity index is 516. The van der Waals surface area contributed by atoms with Gasteiger partial charge >= 0.3 is 0 Å². The molecule has 78 valence electrons. The summed E-state index contributed by atoms with van der Waals surface area (Å²) in [7, 11) is -3.35. The minimum absolute atomic E-state index is 0.0408. The molecule has 0 atom stereocenters. The summed E-state index contributed by atoms with van der Waals surface area (Å²) in [5.74, 6) is -0.0408. The van der Waals surface area contributed by atoms with Crippen molar-refractivity contribution in [3.05, 3.63) is 18.0 Å². The van der Waals surface area contributed by atoms with Crippen molar-refractivity contribution in [3.8, 4) is 6.07 Å². The van der Waals surface area contributed by atoms with Crippen LogP contribution in [-0.4, -0.2) is 23.6 Å². The van der Waals surface area contributed by atoms with Crippen molar-refractivity contribution in [2.75, 3.05) is 4.72 Å². The molecule has 1 fully saturated rings. The van der Waals surface area contributed by atoms with Gasteiger partial charge in [0.05, 0.1) is 5.25 Å². The van der Waals surface area contributed by atoms with Gasteiger partial charge in [-0.1, -0.05) is 0 Å². The molecule has 0 spiro atoms. The van der Waals surface area contributed by atoms with Gasteiger partial charge in [-0.15, -0.1) is 0 Å². The Labute approximate surface area is 87.0 Å². The highest BCUT2D eigenvalue weighted by Gasteiger charge is 2.36. The molecule has 0 unspecified atom stereocenters. The van der Waals surface area contributed by atoms with Crippen LogP contribution in [0.1, 0.15) is 18.5 Å². The van der Waals surface area contributed by atoms with Crippen molar-refractivity contribution in [2.45, 2.75) is 18.1 Å². The second-order valence-corrected chi connectivity index (χ2v) is 5.18. The second kappa shape index (κ2) is 3.47. The average molecular weight is 224 g/mol. The highest BCUT2D eigenvalue weighted by Crippen LogP contribution is 2.28. The summed E-state index contributed by atoms with van der Waals surface area (Å²) in [6, 6.07) is 3.22. The van der Waals surface area contributed by atoms with Crippen molar-refractivity contribution < 1.29 is 8.42 Å². The lowest BCUT2D eigenvalue weighted by Gasteiger charge is -2.03. The third-order valence-electron chi connectivity index (χ3n) is 1.97. The first-order valence-corrected chi connectivity index (χ1v) is 5.91. The van der Waals surface area contributed by atoms with Crippen LogP contribution in [0.25, 0.3) is 0 Å². The Morgan fingerprint density at radius 2 is 2.27 bits per heavy atom. The van der Waals surface area contributed by atoms with Crippen LogP contribution in [0, 0.1) is 11.3 Å². The van der Waals surface area contributed by atoms with E-state index < -0.39 is 10.0 Å². The van der Waals surface area contributed by atoms with E-state index in [1.54, 1.807) is 0 Å². The minimum atomic E-state index is -3.35. The predicted octanol–water partition coefficient (Wildman–Crippen LogP) is 0.252. The average Bonchev–Trinajstić information content (AvgIpc) is 3.00. The van der Waals surface area contributed by atoms with Crippen LogP contribution in [0.2, 0.25) is 0 Å². The lowest BCUT2D eigenvalue weighted by Crippen LogP contribution is -2.19. The van der Waals surface area contributed by atoms with Crippen LogP contribution in [0.15, 0.2) is 12.3 Å². The maximum absolute atomic E-state index is 11.5. The Kier molecular flexibility index (Phi) is 2.28. The summed E-state index contributed by atoms with van der Waals surface area (Å²) < 4.78 is 25.2. The van der Waals surface area contributed by atoms with E-state index >= 15 is 0 Å². The molecule has 0 saturated heterocycles. The smallest absolute Gasteiger partial charge is 0.237 e. The van der Waals surface area contributed by atoms with E-state index in [9.17, 15) is 8.42 Å². The summed E-state index contributed by atoms with van der Waals surface area (Å²) >= 11 is 0. The van der Waals surface area contributed by atoms with E-state index in [1.165, 1.54) is 12.3 Å². The zero-order valence-corrected chi connectivity index (χ0v) is 8.53. The Balaban J connectivity index is 2.21. The first kappa shape index (κ1) is 9.86. The van der Waals surface area contributed by atoms with Gasteiger partial charge in [0.25, 0.3) is 0 Å². The normalized spacial score (nSPS) is 15.7. The molecule has 1 N–H and O–H groups in total. The van der Waals surface area contributed by atoms with E-state index in [1.807, 2.05) is 6.07 Å². The number of hydrogen-bond donors (Lipinski definition) is 1. The molecule has 1 aromatic heterocycles. The summed E-state index contributed by atoms with van der Waals surface area (Å²) in [5, 5.41) is 8.24. The first-order valence-electron chi connectivity index (χ1n) is 4.36. The molecule has 0 bridgehead atoms. The zero-order chi connectivity index (χ0) is 10.9. The number of nitrogens with zero attached hydrogens (tertiary/aromatic N) is 3. The van der Waals surface area contributed by atoms with Crippen molar-refractivity contribution in [2.24, 2.45) is 0 Å². The summed E-state index contributed by atoms with van der Waals surface area (Å²) in [6.45, 7) is 0. The lowest BCUT2D eigenvalue weighted by molar-refractivity contribution is 0.599. The van der Waals surface area contributed by atoms with Crippen LogP contribution in [0.3, 0.4) is 0 Å². The zero-order valence-electron chi connectivity index (χ0n) is 7.71. The van der Waals surface area contributed by atoms with Gasteiger partial charge in [0.1, 0.15) is 11.8 Å². The topological polar surface area (TPSA) is 95.7 Å². The molecule has 15 heavy (non-hydrogen) atoms. The van der Waals surface area contributed by atoms with E-state index in [0.717, 1.165) is 0 Å². The molecule has 2 rings (SSSR count). The number of rotatable bonds is 3. The fraction of sp³-hybridized carbons (Fsp3) is 0.375. The summed E-state index contributed by atoms with van der Waals surface area (Å²) in [4.78, 5) is 7.45. The maximum Gasteiger partial charge on any atom is 0.237 e. The van der Waals surface area contributed by atoms with Crippen LogP contribution in [0.5, 0.6) is 0 Å². The third kappa shape index (κ3) is 2.22. The molecule has 0 aromatic carbocycles. The number of nitrogens with one attached hydrogen (secondary N) is 1. The number of hydrogen-bond acceptors (Lipinski definition) is 5. The molecule has 0 amide bonds. The molecule has 1 heterocycles. The fourth-order valence-electron chi connectivity index (χ4n) is 1.06. The molecule has 6 nitrogen and oxygen atoms in total. The summed E-state index contributed by atoms with van der Waals surface area (Å²) in [5.41, 5.74) is 0.137. The first-order chi connectivity index (χ1) is 7.12. The SMILES string of the molecule is N#Cc1ccnc(NS(=O)(=O)C2CC2)n1. The molecule has 0 radical (unpaired) electrons. The van der Waals surface area contributed by atoms with E-state index in [0.29, 0.717) is 12.8 Å². The highest BCUT2D eigenvalue weighted by molar-refractivity contribution is 7.93. The van der Waals surface area contributed by atoms with Crippen LogP contribution >= 0.6 is 0 Å². The Morgan fingerprint density at radius 1 is 1.53 bits per heavy atom. The standard InChI is InChI=1S/C8H8N4O2S/c9-5-6-3-4-10-8(11-6)12-15(13,14)7-1-2-7/h3-4,7H,1-2H2,(H,10,11,12). The van der Waals surface area contributed by atoms with Gasteiger partial charge in [0, 0.05) is 6.20 Å². The lowest BCUT2D eigenvalue weighted by atomic mass is 10.4. The molecule has 1 aromatic rings. The second-order valence-electron chi connectivity index (χ2n) is 3.22. The van der Waals surface area contributed by atoms with E-state index in [4.69, 9.17) is 5.26 Å². The van der Waals surface area contributed by atoms with Gasteiger partial charge in [-0.25, -0.2) is 18.4 Å². The fourth-order valence-corrected chi connectivity index (χ4v) is 2.34. The molecule has 1 saturated carbocycles. The molecule has 0 aliphatic heterocycles. The van der Waals surface area contributed by atoms with E-state index in [2.05, 4.69) is 14.7 Å². The van der Waals surface area contributed by atoms with Crippen molar-refractivity contribution in [1.29, 1.82) is 5.26 Å². The van der Waals surface area contributed by atoms with Crippen LogP contribution in [0.4, 0.5) is 5.95 Å². The van der Waals surface area contributed by atoms with Crippen LogP contribution < -0.4 is 4.72 Å². The monoisotopic (exact) mass is 224 g/mol. The molecule has 7 heteroatoms. The van der Waals surface area contributed by atoms with Crippen LogP contribution in [-0.2, 0) is 10.0 Å².